The fourth-order valence-corrected chi connectivity index (χ4v) is 2.12. The lowest BCUT2D eigenvalue weighted by Gasteiger charge is -2.47. The SMILES string of the molecule is CNC(=O)N1C(=N)C2(COC2)Oc2ccccc21. The van der Waals surface area contributed by atoms with Crippen LogP contribution in [0.25, 0.3) is 0 Å². The number of para-hydroxylation sites is 2. The number of rotatable bonds is 0. The number of hydrogen-bond donors (Lipinski definition) is 2. The summed E-state index contributed by atoms with van der Waals surface area (Å²) in [7, 11) is 1.54. The predicted molar refractivity (Wildman–Crippen MR) is 65.3 cm³/mol. The molecule has 0 radical (unpaired) electrons. The predicted octanol–water partition coefficient (Wildman–Crippen LogP) is 0.971. The van der Waals surface area contributed by atoms with Gasteiger partial charge in [-0.1, -0.05) is 12.1 Å². The van der Waals surface area contributed by atoms with E-state index in [0.717, 1.165) is 0 Å². The van der Waals surface area contributed by atoms with Gasteiger partial charge < -0.3 is 14.8 Å². The second-order valence-electron chi connectivity index (χ2n) is 4.30. The quantitative estimate of drug-likeness (QED) is 0.717. The van der Waals surface area contributed by atoms with Crippen LogP contribution in [0.3, 0.4) is 0 Å². The van der Waals surface area contributed by atoms with E-state index in [9.17, 15) is 4.79 Å². The topological polar surface area (TPSA) is 74.7 Å². The smallest absolute Gasteiger partial charge is 0.327 e. The van der Waals surface area contributed by atoms with Crippen LogP contribution in [-0.4, -0.2) is 37.7 Å². The molecule has 2 N–H and O–H groups in total. The van der Waals surface area contributed by atoms with E-state index in [2.05, 4.69) is 5.32 Å². The summed E-state index contributed by atoms with van der Waals surface area (Å²) in [6.45, 7) is 0.599. The number of ether oxygens (including phenoxy) is 2. The maximum Gasteiger partial charge on any atom is 0.327 e. The van der Waals surface area contributed by atoms with Crippen LogP contribution >= 0.6 is 0 Å². The van der Waals surface area contributed by atoms with Crippen LogP contribution in [0.4, 0.5) is 10.5 Å². The molecule has 0 atom stereocenters. The van der Waals surface area contributed by atoms with Crippen LogP contribution in [0.1, 0.15) is 0 Å². The Kier molecular flexibility index (Phi) is 2.27. The molecular formula is C12H13N3O3. The molecule has 0 unspecified atom stereocenters. The second-order valence-corrected chi connectivity index (χ2v) is 4.30. The minimum absolute atomic E-state index is 0.117. The van der Waals surface area contributed by atoms with Crippen molar-refractivity contribution in [3.63, 3.8) is 0 Å². The Hall–Kier alpha value is -2.08. The summed E-state index contributed by atoms with van der Waals surface area (Å²) >= 11 is 0. The average molecular weight is 247 g/mol. The molecule has 6 heteroatoms. The zero-order valence-corrected chi connectivity index (χ0v) is 9.90. The maximum absolute atomic E-state index is 11.9. The lowest BCUT2D eigenvalue weighted by Crippen LogP contribution is -2.68. The minimum Gasteiger partial charge on any atom is -0.472 e. The van der Waals surface area contributed by atoms with E-state index in [0.29, 0.717) is 24.7 Å². The molecule has 1 spiro atoms. The fraction of sp³-hybridized carbons (Fsp3) is 0.333. The van der Waals surface area contributed by atoms with Crippen LogP contribution in [0, 0.1) is 5.41 Å². The normalized spacial score (nSPS) is 19.8. The van der Waals surface area contributed by atoms with Crippen molar-refractivity contribution in [1.82, 2.24) is 5.32 Å². The molecule has 3 rings (SSSR count). The molecule has 1 aromatic rings. The number of amidine groups is 1. The number of nitrogens with zero attached hydrogens (tertiary/aromatic N) is 1. The number of hydrogen-bond acceptors (Lipinski definition) is 4. The van der Waals surface area contributed by atoms with Crippen molar-refractivity contribution in [3.05, 3.63) is 24.3 Å². The summed E-state index contributed by atoms with van der Waals surface area (Å²) in [4.78, 5) is 13.3. The first-order chi connectivity index (χ1) is 8.68. The first-order valence-electron chi connectivity index (χ1n) is 5.65. The van der Waals surface area contributed by atoms with E-state index in [-0.39, 0.29) is 11.9 Å². The van der Waals surface area contributed by atoms with Gasteiger partial charge in [0, 0.05) is 7.05 Å². The molecule has 6 nitrogen and oxygen atoms in total. The van der Waals surface area contributed by atoms with Gasteiger partial charge in [-0.15, -0.1) is 0 Å². The highest BCUT2D eigenvalue weighted by Crippen LogP contribution is 2.40. The van der Waals surface area contributed by atoms with Crippen LogP contribution in [0.2, 0.25) is 0 Å². The van der Waals surface area contributed by atoms with Crippen LogP contribution in [-0.2, 0) is 4.74 Å². The lowest BCUT2D eigenvalue weighted by atomic mass is 9.96. The van der Waals surface area contributed by atoms with Crippen molar-refractivity contribution in [1.29, 1.82) is 5.41 Å². The van der Waals surface area contributed by atoms with Crippen molar-refractivity contribution in [3.8, 4) is 5.75 Å². The van der Waals surface area contributed by atoms with Gasteiger partial charge in [-0.2, -0.15) is 0 Å². The van der Waals surface area contributed by atoms with Crippen LogP contribution in [0.5, 0.6) is 5.75 Å². The van der Waals surface area contributed by atoms with E-state index < -0.39 is 5.60 Å². The molecular weight excluding hydrogens is 234 g/mol. The van der Waals surface area contributed by atoms with Gasteiger partial charge >= 0.3 is 6.03 Å². The molecule has 2 aliphatic heterocycles. The zero-order chi connectivity index (χ0) is 12.8. The van der Waals surface area contributed by atoms with Crippen molar-refractivity contribution < 1.29 is 14.3 Å². The van der Waals surface area contributed by atoms with Crippen molar-refractivity contribution >= 4 is 17.6 Å². The second kappa shape index (κ2) is 3.71. The van der Waals surface area contributed by atoms with E-state index in [1.807, 2.05) is 6.07 Å². The van der Waals surface area contributed by atoms with Gasteiger partial charge in [-0.3, -0.25) is 5.41 Å². The van der Waals surface area contributed by atoms with Crippen molar-refractivity contribution in [2.75, 3.05) is 25.2 Å². The summed E-state index contributed by atoms with van der Waals surface area (Å²) in [5, 5.41) is 10.7. The Morgan fingerprint density at radius 1 is 1.44 bits per heavy atom. The summed E-state index contributed by atoms with van der Waals surface area (Å²) < 4.78 is 11.0. The number of urea groups is 1. The highest BCUT2D eigenvalue weighted by molar-refractivity contribution is 6.20. The highest BCUT2D eigenvalue weighted by Gasteiger charge is 2.53. The van der Waals surface area contributed by atoms with Gasteiger partial charge in [0.15, 0.2) is 5.84 Å². The summed E-state index contributed by atoms with van der Waals surface area (Å²) in [5.74, 6) is 0.715. The van der Waals surface area contributed by atoms with E-state index in [1.54, 1.807) is 18.2 Å². The Balaban J connectivity index is 2.10. The molecule has 0 aromatic heterocycles. The largest absolute Gasteiger partial charge is 0.472 e. The molecule has 1 saturated heterocycles. The Morgan fingerprint density at radius 2 is 2.17 bits per heavy atom. The molecule has 2 aliphatic rings. The van der Waals surface area contributed by atoms with Gasteiger partial charge in [-0.05, 0) is 12.1 Å². The standard InChI is InChI=1S/C12H13N3O3/c1-14-11(16)15-8-4-2-3-5-9(8)18-12(10(15)13)6-17-7-12/h2-5,13H,6-7H2,1H3,(H,14,16). The molecule has 1 aromatic carbocycles. The summed E-state index contributed by atoms with van der Waals surface area (Å²) in [6.07, 6.45) is 0. The Morgan fingerprint density at radius 3 is 2.78 bits per heavy atom. The van der Waals surface area contributed by atoms with Crippen LogP contribution < -0.4 is 15.0 Å². The average Bonchev–Trinajstić information content (AvgIpc) is 2.35. The summed E-state index contributed by atoms with van der Waals surface area (Å²) in [6, 6.07) is 6.84. The number of benzene rings is 1. The molecule has 0 bridgehead atoms. The number of amides is 2. The molecule has 1 fully saturated rings. The maximum atomic E-state index is 11.9. The molecule has 94 valence electrons. The van der Waals surface area contributed by atoms with E-state index in [4.69, 9.17) is 14.9 Å². The fourth-order valence-electron chi connectivity index (χ4n) is 2.12. The van der Waals surface area contributed by atoms with Crippen molar-refractivity contribution in [2.24, 2.45) is 0 Å². The van der Waals surface area contributed by atoms with Gasteiger partial charge in [-0.25, -0.2) is 9.69 Å². The van der Waals surface area contributed by atoms with Gasteiger partial charge in [0.1, 0.15) is 5.75 Å². The van der Waals surface area contributed by atoms with Gasteiger partial charge in [0.05, 0.1) is 18.9 Å². The minimum atomic E-state index is -0.819. The molecule has 2 heterocycles. The first kappa shape index (κ1) is 11.0. The van der Waals surface area contributed by atoms with E-state index in [1.165, 1.54) is 11.9 Å². The van der Waals surface area contributed by atoms with Crippen molar-refractivity contribution in [2.45, 2.75) is 5.60 Å². The Labute approximate surface area is 104 Å². The number of carbonyl (C=O) groups is 1. The number of anilines is 1. The third-order valence-corrected chi connectivity index (χ3v) is 3.15. The van der Waals surface area contributed by atoms with Crippen LogP contribution in [0.15, 0.2) is 24.3 Å². The molecule has 0 saturated carbocycles. The number of nitrogens with one attached hydrogen (secondary N) is 2. The number of fused-ring (bicyclic) bond motifs is 1. The molecule has 18 heavy (non-hydrogen) atoms. The van der Waals surface area contributed by atoms with Gasteiger partial charge in [0.2, 0.25) is 5.60 Å². The van der Waals surface area contributed by atoms with Gasteiger partial charge in [0.25, 0.3) is 0 Å². The third-order valence-electron chi connectivity index (χ3n) is 3.15. The Bertz CT molecular complexity index is 525. The first-order valence-corrected chi connectivity index (χ1v) is 5.65. The zero-order valence-electron chi connectivity index (χ0n) is 9.90. The van der Waals surface area contributed by atoms with E-state index >= 15 is 0 Å². The monoisotopic (exact) mass is 247 g/mol. The summed E-state index contributed by atoms with van der Waals surface area (Å²) in [5.41, 5.74) is -0.236. The molecule has 2 amide bonds. The lowest BCUT2D eigenvalue weighted by molar-refractivity contribution is -0.121. The highest BCUT2D eigenvalue weighted by atomic mass is 16.6. The number of carbonyl (C=O) groups excluding carboxylic acids is 1. The third kappa shape index (κ3) is 1.32. The molecule has 0 aliphatic carbocycles.